The number of H-pyrrole nitrogens is 1. The van der Waals surface area contributed by atoms with Crippen LogP contribution in [-0.2, 0) is 7.05 Å². The van der Waals surface area contributed by atoms with Gasteiger partial charge in [0.25, 0.3) is 12.3 Å². The molecule has 9 heteroatoms. The maximum atomic E-state index is 12.7. The number of ether oxygens (including phenoxy) is 1. The molecule has 0 spiro atoms. The molecule has 1 aromatic carbocycles. The zero-order chi connectivity index (χ0) is 18.8. The molecule has 2 N–H and O–H groups in total. The van der Waals surface area contributed by atoms with E-state index in [4.69, 9.17) is 4.74 Å². The molecule has 3 aromatic rings. The van der Waals surface area contributed by atoms with Crippen LogP contribution in [0.4, 0.5) is 14.6 Å². The fourth-order valence-electron chi connectivity index (χ4n) is 2.64. The van der Waals surface area contributed by atoms with E-state index in [2.05, 4.69) is 20.6 Å². The van der Waals surface area contributed by atoms with Crippen molar-refractivity contribution < 1.29 is 18.3 Å². The van der Waals surface area contributed by atoms with Gasteiger partial charge in [-0.25, -0.2) is 8.78 Å². The first-order chi connectivity index (χ1) is 12.4. The van der Waals surface area contributed by atoms with E-state index in [1.807, 2.05) is 19.1 Å². The molecule has 0 aliphatic heterocycles. The number of alkyl halides is 2. The molecule has 0 atom stereocenters. The Hall–Kier alpha value is -3.23. The highest BCUT2D eigenvalue weighted by molar-refractivity contribution is 6.04. The fourth-order valence-corrected chi connectivity index (χ4v) is 2.64. The Kier molecular flexibility index (Phi) is 4.70. The third kappa shape index (κ3) is 3.28. The Morgan fingerprint density at radius 3 is 2.58 bits per heavy atom. The number of halogens is 2. The van der Waals surface area contributed by atoms with E-state index in [1.165, 1.54) is 4.68 Å². The molecule has 3 rings (SSSR count). The number of aryl methyl sites for hydroxylation is 2. The van der Waals surface area contributed by atoms with Gasteiger partial charge in [-0.3, -0.25) is 14.6 Å². The highest BCUT2D eigenvalue weighted by atomic mass is 19.3. The van der Waals surface area contributed by atoms with E-state index in [0.29, 0.717) is 17.3 Å². The van der Waals surface area contributed by atoms with Crippen molar-refractivity contribution in [1.29, 1.82) is 0 Å². The first-order valence-corrected chi connectivity index (χ1v) is 7.73. The molecule has 0 saturated carbocycles. The van der Waals surface area contributed by atoms with Gasteiger partial charge in [0.1, 0.15) is 17.3 Å². The molecule has 1 amide bonds. The second-order valence-corrected chi connectivity index (χ2v) is 5.62. The van der Waals surface area contributed by atoms with Crippen LogP contribution in [0, 0.1) is 6.92 Å². The van der Waals surface area contributed by atoms with Crippen LogP contribution in [-0.4, -0.2) is 33.0 Å². The van der Waals surface area contributed by atoms with Crippen LogP contribution in [0.15, 0.2) is 30.3 Å². The summed E-state index contributed by atoms with van der Waals surface area (Å²) in [6.45, 7) is 1.82. The minimum absolute atomic E-state index is 0.125. The summed E-state index contributed by atoms with van der Waals surface area (Å²) in [5, 5.41) is 12.8. The maximum Gasteiger partial charge on any atom is 0.279 e. The van der Waals surface area contributed by atoms with E-state index in [1.54, 1.807) is 26.3 Å². The second-order valence-electron chi connectivity index (χ2n) is 5.62. The lowest BCUT2D eigenvalue weighted by Gasteiger charge is -2.09. The highest BCUT2D eigenvalue weighted by Crippen LogP contribution is 2.32. The van der Waals surface area contributed by atoms with Gasteiger partial charge in [-0.15, -0.1) is 0 Å². The first kappa shape index (κ1) is 17.6. The van der Waals surface area contributed by atoms with Gasteiger partial charge in [0.15, 0.2) is 5.69 Å². The summed E-state index contributed by atoms with van der Waals surface area (Å²) in [5.74, 6) is 0.544. The number of hydrogen-bond donors (Lipinski definition) is 2. The lowest BCUT2D eigenvalue weighted by molar-refractivity contribution is 0.102. The zero-order valence-electron chi connectivity index (χ0n) is 14.4. The molecule has 136 valence electrons. The molecule has 0 bridgehead atoms. The van der Waals surface area contributed by atoms with Crippen LogP contribution in [0.5, 0.6) is 5.75 Å². The van der Waals surface area contributed by atoms with Crippen LogP contribution in [0.2, 0.25) is 0 Å². The number of nitrogens with one attached hydrogen (secondary N) is 2. The zero-order valence-corrected chi connectivity index (χ0v) is 14.4. The van der Waals surface area contributed by atoms with E-state index < -0.39 is 18.0 Å². The Morgan fingerprint density at radius 1 is 1.31 bits per heavy atom. The Balaban J connectivity index is 1.93. The molecular weight excluding hydrogens is 344 g/mol. The number of carbonyl (C=O) groups excluding carboxylic acids is 1. The third-order valence-electron chi connectivity index (χ3n) is 3.90. The maximum absolute atomic E-state index is 12.7. The Bertz CT molecular complexity index is 931. The van der Waals surface area contributed by atoms with Gasteiger partial charge in [0, 0.05) is 12.6 Å². The smallest absolute Gasteiger partial charge is 0.279 e. The van der Waals surface area contributed by atoms with Gasteiger partial charge in [0.2, 0.25) is 0 Å². The Morgan fingerprint density at radius 2 is 2.00 bits per heavy atom. The van der Waals surface area contributed by atoms with Gasteiger partial charge >= 0.3 is 0 Å². The number of methoxy groups -OCH3 is 1. The van der Waals surface area contributed by atoms with Crippen molar-refractivity contribution in [3.8, 4) is 16.9 Å². The number of aromatic nitrogens is 4. The molecule has 0 fully saturated rings. The quantitative estimate of drug-likeness (QED) is 0.730. The predicted octanol–water partition coefficient (Wildman–Crippen LogP) is 3.32. The van der Waals surface area contributed by atoms with Crippen molar-refractivity contribution in [1.82, 2.24) is 20.0 Å². The van der Waals surface area contributed by atoms with Gasteiger partial charge in [-0.2, -0.15) is 10.2 Å². The van der Waals surface area contributed by atoms with Crippen molar-refractivity contribution in [2.75, 3.05) is 12.4 Å². The van der Waals surface area contributed by atoms with Crippen LogP contribution in [0.3, 0.4) is 0 Å². The van der Waals surface area contributed by atoms with Crippen LogP contribution in [0.25, 0.3) is 11.1 Å². The normalized spacial score (nSPS) is 11.0. The standard InChI is InChI=1S/C17H17F2N5O2/c1-9-14(10-4-6-11(26-3)7-5-10)16(24(2)23-9)20-17(25)13-8-12(15(18)19)21-22-13/h4-8,15H,1-3H3,(H,20,25)(H,21,22). The number of rotatable bonds is 5. The molecule has 0 aliphatic rings. The molecule has 0 saturated heterocycles. The van der Waals surface area contributed by atoms with Crippen LogP contribution < -0.4 is 10.1 Å². The first-order valence-electron chi connectivity index (χ1n) is 7.73. The van der Waals surface area contributed by atoms with Crippen molar-refractivity contribution in [2.24, 2.45) is 7.05 Å². The minimum atomic E-state index is -2.72. The molecule has 26 heavy (non-hydrogen) atoms. The molecule has 2 heterocycles. The number of carbonyl (C=O) groups is 1. The number of aromatic amines is 1. The molecular formula is C17H17F2N5O2. The van der Waals surface area contributed by atoms with E-state index in [9.17, 15) is 13.6 Å². The van der Waals surface area contributed by atoms with E-state index in [0.717, 1.165) is 17.2 Å². The molecule has 0 unspecified atom stereocenters. The SMILES string of the molecule is COc1ccc(-c2c(C)nn(C)c2NC(=O)c2cc(C(F)F)[nH]n2)cc1. The summed E-state index contributed by atoms with van der Waals surface area (Å²) >= 11 is 0. The summed E-state index contributed by atoms with van der Waals surface area (Å²) in [6, 6.07) is 8.33. The summed E-state index contributed by atoms with van der Waals surface area (Å²) < 4.78 is 32.0. The number of amides is 1. The average molecular weight is 361 g/mol. The largest absolute Gasteiger partial charge is 0.497 e. The number of benzene rings is 1. The summed E-state index contributed by atoms with van der Waals surface area (Å²) in [7, 11) is 3.26. The summed E-state index contributed by atoms with van der Waals surface area (Å²) in [6.07, 6.45) is -2.72. The molecule has 0 aliphatic carbocycles. The fraction of sp³-hybridized carbons (Fsp3) is 0.235. The van der Waals surface area contributed by atoms with Crippen molar-refractivity contribution >= 4 is 11.7 Å². The van der Waals surface area contributed by atoms with Crippen LogP contribution in [0.1, 0.15) is 28.3 Å². The van der Waals surface area contributed by atoms with Crippen LogP contribution >= 0.6 is 0 Å². The lowest BCUT2D eigenvalue weighted by atomic mass is 10.1. The summed E-state index contributed by atoms with van der Waals surface area (Å²) in [4.78, 5) is 12.4. The van der Waals surface area contributed by atoms with Crippen molar-refractivity contribution in [3.63, 3.8) is 0 Å². The third-order valence-corrected chi connectivity index (χ3v) is 3.90. The topological polar surface area (TPSA) is 84.8 Å². The van der Waals surface area contributed by atoms with Crippen molar-refractivity contribution in [3.05, 3.63) is 47.4 Å². The predicted molar refractivity (Wildman–Crippen MR) is 91.4 cm³/mol. The monoisotopic (exact) mass is 361 g/mol. The number of anilines is 1. The Labute approximate surface area is 148 Å². The molecule has 0 radical (unpaired) electrons. The van der Waals surface area contributed by atoms with Gasteiger partial charge < -0.3 is 10.1 Å². The van der Waals surface area contributed by atoms with Crippen molar-refractivity contribution in [2.45, 2.75) is 13.3 Å². The molecule has 7 nitrogen and oxygen atoms in total. The number of hydrogen-bond acceptors (Lipinski definition) is 4. The minimum Gasteiger partial charge on any atom is -0.497 e. The summed E-state index contributed by atoms with van der Waals surface area (Å²) in [5.41, 5.74) is 1.74. The lowest BCUT2D eigenvalue weighted by Crippen LogP contribution is -2.15. The second kappa shape index (κ2) is 6.95. The number of nitrogens with zero attached hydrogens (tertiary/aromatic N) is 3. The highest BCUT2D eigenvalue weighted by Gasteiger charge is 2.21. The van der Waals surface area contributed by atoms with Gasteiger partial charge in [0.05, 0.1) is 12.8 Å². The van der Waals surface area contributed by atoms with E-state index in [-0.39, 0.29) is 5.69 Å². The average Bonchev–Trinajstić information content (AvgIpc) is 3.21. The molecule has 2 aromatic heterocycles. The van der Waals surface area contributed by atoms with Gasteiger partial charge in [-0.05, 0) is 30.7 Å². The van der Waals surface area contributed by atoms with E-state index >= 15 is 0 Å². The van der Waals surface area contributed by atoms with Gasteiger partial charge in [-0.1, -0.05) is 12.1 Å².